The van der Waals surface area contributed by atoms with Gasteiger partial charge in [-0.3, -0.25) is 4.79 Å². The average molecular weight is 622 g/mol. The first-order valence-electron chi connectivity index (χ1n) is 15.5. The summed E-state index contributed by atoms with van der Waals surface area (Å²) in [6, 6.07) is 10.3. The molecule has 3 aromatic rings. The number of ether oxygens (including phenoxy) is 2. The third-order valence-electron chi connectivity index (χ3n) is 8.66. The molecule has 1 fully saturated rings. The van der Waals surface area contributed by atoms with Crippen molar-refractivity contribution in [2.45, 2.75) is 71.6 Å². The standard InChI is InChI=1S/C33H43N5O5S/c1-5-8-16-38-31-12-11-29(24(4)33(31)34-35-38)30(22-32(39)42-7-3)26-10-9-25-13-17-37(23-27(25)21-26)44(40,41)36-18-14-28(15-19-36)43-20-6-2/h5-6,8-12,21,28,30H,2,7,13-20,22-23H2,1,3-4H3/b8-5+. The summed E-state index contributed by atoms with van der Waals surface area (Å²) in [4.78, 5) is 12.9. The number of piperidine rings is 1. The molecule has 0 spiro atoms. The monoisotopic (exact) mass is 621 g/mol. The Kier molecular flexibility index (Phi) is 10.3. The highest BCUT2D eigenvalue weighted by molar-refractivity contribution is 7.86. The zero-order valence-corrected chi connectivity index (χ0v) is 26.8. The van der Waals surface area contributed by atoms with Gasteiger partial charge < -0.3 is 9.47 Å². The van der Waals surface area contributed by atoms with Gasteiger partial charge in [-0.15, -0.1) is 11.7 Å². The van der Waals surface area contributed by atoms with Crippen LogP contribution in [0.4, 0.5) is 0 Å². The molecule has 1 atom stereocenters. The molecule has 3 heterocycles. The van der Waals surface area contributed by atoms with Crippen LogP contribution in [0, 0.1) is 6.92 Å². The first kappa shape index (κ1) is 32.0. The molecule has 5 rings (SSSR count). The molecule has 2 aromatic carbocycles. The van der Waals surface area contributed by atoms with Crippen LogP contribution in [0.2, 0.25) is 0 Å². The Morgan fingerprint density at radius 3 is 2.66 bits per heavy atom. The van der Waals surface area contributed by atoms with E-state index in [1.807, 2.05) is 36.7 Å². The number of esters is 1. The maximum Gasteiger partial charge on any atom is 0.306 e. The predicted octanol–water partition coefficient (Wildman–Crippen LogP) is 4.67. The largest absolute Gasteiger partial charge is 0.466 e. The number of fused-ring (bicyclic) bond motifs is 2. The van der Waals surface area contributed by atoms with Gasteiger partial charge in [0.25, 0.3) is 10.2 Å². The van der Waals surface area contributed by atoms with Crippen molar-refractivity contribution in [1.29, 1.82) is 0 Å². The predicted molar refractivity (Wildman–Crippen MR) is 170 cm³/mol. The molecule has 44 heavy (non-hydrogen) atoms. The second kappa shape index (κ2) is 14.2. The summed E-state index contributed by atoms with van der Waals surface area (Å²) in [6.45, 7) is 12.5. The van der Waals surface area contributed by atoms with Crippen LogP contribution in [0.3, 0.4) is 0 Å². The normalized spacial score (nSPS) is 17.6. The summed E-state index contributed by atoms with van der Waals surface area (Å²) in [6.07, 6.45) is 7.92. The third kappa shape index (κ3) is 6.81. The van der Waals surface area contributed by atoms with E-state index in [0.29, 0.717) is 65.2 Å². The molecule has 0 N–H and O–H groups in total. The summed E-state index contributed by atoms with van der Waals surface area (Å²) < 4.78 is 43.5. The topological polar surface area (TPSA) is 107 Å². The highest BCUT2D eigenvalue weighted by atomic mass is 32.2. The van der Waals surface area contributed by atoms with E-state index in [1.165, 1.54) is 0 Å². The van der Waals surface area contributed by atoms with Crippen molar-refractivity contribution in [3.63, 3.8) is 0 Å². The van der Waals surface area contributed by atoms with Gasteiger partial charge >= 0.3 is 5.97 Å². The smallest absolute Gasteiger partial charge is 0.306 e. The average Bonchev–Trinajstić information content (AvgIpc) is 3.45. The Balaban J connectivity index is 1.42. The zero-order valence-electron chi connectivity index (χ0n) is 25.9. The molecule has 1 unspecified atom stereocenters. The van der Waals surface area contributed by atoms with E-state index in [0.717, 1.165) is 38.9 Å². The van der Waals surface area contributed by atoms with Crippen LogP contribution in [0.1, 0.15) is 66.8 Å². The molecule has 1 aromatic heterocycles. The van der Waals surface area contributed by atoms with Crippen molar-refractivity contribution in [2.24, 2.45) is 0 Å². The number of hydrogen-bond donors (Lipinski definition) is 0. The summed E-state index contributed by atoms with van der Waals surface area (Å²) in [5.41, 5.74) is 6.71. The molecular formula is C33H43N5O5S. The molecule has 0 radical (unpaired) electrons. The lowest BCUT2D eigenvalue weighted by Gasteiger charge is -2.36. The van der Waals surface area contributed by atoms with Crippen molar-refractivity contribution >= 4 is 27.2 Å². The molecule has 2 aliphatic heterocycles. The Bertz CT molecular complexity index is 1620. The molecule has 0 saturated carbocycles. The first-order chi connectivity index (χ1) is 21.3. The molecule has 1 saturated heterocycles. The van der Waals surface area contributed by atoms with Crippen molar-refractivity contribution in [1.82, 2.24) is 23.6 Å². The summed E-state index contributed by atoms with van der Waals surface area (Å²) in [5, 5.41) is 8.82. The number of aromatic nitrogens is 3. The number of carbonyl (C=O) groups is 1. The summed E-state index contributed by atoms with van der Waals surface area (Å²) in [5.74, 6) is -0.567. The van der Waals surface area contributed by atoms with E-state index in [-0.39, 0.29) is 24.4 Å². The SMILES string of the molecule is C=CCOC1CCN(S(=O)(=O)N2CCc3ccc(C(CC(=O)OCC)c4ccc5c(nnn5C/C=C/C)c4C)cc3C2)CC1. The number of aryl methyl sites for hydroxylation is 1. The lowest BCUT2D eigenvalue weighted by Crippen LogP contribution is -2.49. The minimum absolute atomic E-state index is 0.0563. The molecule has 0 amide bonds. The highest BCUT2D eigenvalue weighted by Gasteiger charge is 2.35. The van der Waals surface area contributed by atoms with E-state index in [1.54, 1.807) is 21.6 Å². The Hall–Kier alpha value is -3.38. The van der Waals surface area contributed by atoms with Gasteiger partial charge in [0.05, 0.1) is 37.8 Å². The molecule has 10 nitrogen and oxygen atoms in total. The molecule has 0 aliphatic carbocycles. The minimum Gasteiger partial charge on any atom is -0.466 e. The lowest BCUT2D eigenvalue weighted by atomic mass is 9.83. The number of carbonyl (C=O) groups excluding carboxylic acids is 1. The molecule has 11 heteroatoms. The van der Waals surface area contributed by atoms with Gasteiger partial charge in [0.1, 0.15) is 5.52 Å². The van der Waals surface area contributed by atoms with Gasteiger partial charge in [0.15, 0.2) is 0 Å². The summed E-state index contributed by atoms with van der Waals surface area (Å²) >= 11 is 0. The fraction of sp³-hybridized carbons (Fsp3) is 0.485. The van der Waals surface area contributed by atoms with Gasteiger partial charge in [-0.2, -0.15) is 17.0 Å². The van der Waals surface area contributed by atoms with Crippen molar-refractivity contribution in [2.75, 3.05) is 32.8 Å². The maximum atomic E-state index is 13.7. The molecule has 2 aliphatic rings. The Labute approximate surface area is 260 Å². The zero-order chi connectivity index (χ0) is 31.3. The maximum absolute atomic E-state index is 13.7. The van der Waals surface area contributed by atoms with Crippen LogP contribution in [0.15, 0.2) is 55.1 Å². The van der Waals surface area contributed by atoms with E-state index in [9.17, 15) is 13.2 Å². The quantitative estimate of drug-likeness (QED) is 0.214. The lowest BCUT2D eigenvalue weighted by molar-refractivity contribution is -0.143. The fourth-order valence-electron chi connectivity index (χ4n) is 6.26. The van der Waals surface area contributed by atoms with E-state index >= 15 is 0 Å². The van der Waals surface area contributed by atoms with E-state index in [2.05, 4.69) is 41.2 Å². The first-order valence-corrected chi connectivity index (χ1v) is 16.8. The van der Waals surface area contributed by atoms with Gasteiger partial charge in [0.2, 0.25) is 0 Å². The van der Waals surface area contributed by atoms with E-state index in [4.69, 9.17) is 9.47 Å². The third-order valence-corrected chi connectivity index (χ3v) is 10.6. The molecule has 236 valence electrons. The fourth-order valence-corrected chi connectivity index (χ4v) is 7.88. The highest BCUT2D eigenvalue weighted by Crippen LogP contribution is 2.36. The number of rotatable bonds is 12. The molecular weight excluding hydrogens is 578 g/mol. The van der Waals surface area contributed by atoms with Crippen LogP contribution in [0.25, 0.3) is 11.0 Å². The van der Waals surface area contributed by atoms with Crippen molar-refractivity contribution < 1.29 is 22.7 Å². The van der Waals surface area contributed by atoms with E-state index < -0.39 is 10.2 Å². The number of hydrogen-bond acceptors (Lipinski definition) is 7. The van der Waals surface area contributed by atoms with Crippen molar-refractivity contribution in [3.8, 4) is 0 Å². The van der Waals surface area contributed by atoms with Gasteiger partial charge in [-0.25, -0.2) is 4.68 Å². The van der Waals surface area contributed by atoms with Crippen molar-refractivity contribution in [3.05, 3.63) is 83.0 Å². The number of allylic oxidation sites excluding steroid dienone is 2. The summed E-state index contributed by atoms with van der Waals surface area (Å²) in [7, 11) is -3.62. The Morgan fingerprint density at radius 2 is 1.93 bits per heavy atom. The van der Waals surface area contributed by atoms with Crippen LogP contribution in [0.5, 0.6) is 0 Å². The molecule has 0 bridgehead atoms. The van der Waals surface area contributed by atoms with Crippen LogP contribution in [-0.4, -0.2) is 76.9 Å². The number of nitrogens with zero attached hydrogens (tertiary/aromatic N) is 5. The van der Waals surface area contributed by atoms with Gasteiger partial charge in [0, 0.05) is 32.1 Å². The van der Waals surface area contributed by atoms with Gasteiger partial charge in [-0.1, -0.05) is 47.7 Å². The second-order valence-electron chi connectivity index (χ2n) is 11.4. The van der Waals surface area contributed by atoms with Gasteiger partial charge in [-0.05, 0) is 73.9 Å². The van der Waals surface area contributed by atoms with Crippen LogP contribution in [-0.2, 0) is 44.0 Å². The minimum atomic E-state index is -3.62. The second-order valence-corrected chi connectivity index (χ2v) is 13.3. The number of benzene rings is 2. The van der Waals surface area contributed by atoms with Crippen LogP contribution < -0.4 is 0 Å². The Morgan fingerprint density at radius 1 is 1.14 bits per heavy atom. The van der Waals surface area contributed by atoms with Crippen LogP contribution >= 0.6 is 0 Å².